The number of anilines is 1. The molecule has 0 saturated carbocycles. The number of alkyl halides is 3. The van der Waals surface area contributed by atoms with E-state index in [1.54, 1.807) is 72.8 Å². The number of hydrogen-bond acceptors (Lipinski definition) is 4. The molecule has 9 heteroatoms. The molecule has 3 N–H and O–H groups in total. The van der Waals surface area contributed by atoms with Crippen LogP contribution in [0.5, 0.6) is 0 Å². The SMILES string of the molecule is NC(Cc1ccccc1)C(=O)NC1N=C(c2ccccc2)c2ccccc2N(CC(F)(F)F)C1=O. The molecule has 2 unspecified atom stereocenters. The molecule has 0 aliphatic carbocycles. The average molecular weight is 480 g/mol. The molecule has 0 bridgehead atoms. The van der Waals surface area contributed by atoms with Crippen molar-refractivity contribution in [2.24, 2.45) is 10.7 Å². The molecule has 4 rings (SSSR count). The Morgan fingerprint density at radius 2 is 1.57 bits per heavy atom. The molecule has 180 valence electrons. The summed E-state index contributed by atoms with van der Waals surface area (Å²) in [6.45, 7) is -1.52. The highest BCUT2D eigenvalue weighted by atomic mass is 19.4. The summed E-state index contributed by atoms with van der Waals surface area (Å²) in [5.41, 5.74) is 8.15. The summed E-state index contributed by atoms with van der Waals surface area (Å²) in [6, 6.07) is 23.0. The van der Waals surface area contributed by atoms with Gasteiger partial charge in [-0.25, -0.2) is 4.99 Å². The third-order valence-electron chi connectivity index (χ3n) is 5.51. The number of halogens is 3. The number of hydrogen-bond donors (Lipinski definition) is 2. The van der Waals surface area contributed by atoms with E-state index in [2.05, 4.69) is 10.3 Å². The van der Waals surface area contributed by atoms with Crippen molar-refractivity contribution in [1.29, 1.82) is 0 Å². The minimum atomic E-state index is -4.67. The lowest BCUT2D eigenvalue weighted by molar-refractivity contribution is -0.135. The predicted octanol–water partition coefficient (Wildman–Crippen LogP) is 3.45. The number of amides is 2. The summed E-state index contributed by atoms with van der Waals surface area (Å²) in [5.74, 6) is -1.69. The molecule has 3 aromatic rings. The first-order valence-corrected chi connectivity index (χ1v) is 10.9. The summed E-state index contributed by atoms with van der Waals surface area (Å²) in [6.07, 6.45) is -6.07. The van der Waals surface area contributed by atoms with Crippen LogP contribution in [0.3, 0.4) is 0 Å². The first-order valence-electron chi connectivity index (χ1n) is 10.9. The maximum atomic E-state index is 13.5. The van der Waals surface area contributed by atoms with E-state index >= 15 is 0 Å². The number of para-hydroxylation sites is 1. The second kappa shape index (κ2) is 10.1. The van der Waals surface area contributed by atoms with E-state index in [4.69, 9.17) is 5.73 Å². The van der Waals surface area contributed by atoms with Gasteiger partial charge in [0.1, 0.15) is 6.54 Å². The molecule has 35 heavy (non-hydrogen) atoms. The predicted molar refractivity (Wildman–Crippen MR) is 127 cm³/mol. The van der Waals surface area contributed by atoms with Gasteiger partial charge in [0.05, 0.1) is 17.4 Å². The third kappa shape index (κ3) is 5.75. The number of benzodiazepines with no additional fused rings is 1. The zero-order chi connectivity index (χ0) is 25.0. The lowest BCUT2D eigenvalue weighted by Crippen LogP contribution is -2.53. The normalized spacial score (nSPS) is 16.7. The fourth-order valence-corrected chi connectivity index (χ4v) is 3.89. The number of carbonyl (C=O) groups is 2. The highest BCUT2D eigenvalue weighted by Gasteiger charge is 2.40. The zero-order valence-electron chi connectivity index (χ0n) is 18.6. The average Bonchev–Trinajstić information content (AvgIpc) is 2.95. The Hall–Kier alpha value is -3.98. The van der Waals surface area contributed by atoms with Crippen molar-refractivity contribution in [1.82, 2.24) is 5.32 Å². The Labute approximate surface area is 200 Å². The minimum Gasteiger partial charge on any atom is -0.325 e. The van der Waals surface area contributed by atoms with Crippen molar-refractivity contribution in [3.05, 3.63) is 102 Å². The monoisotopic (exact) mass is 480 g/mol. The van der Waals surface area contributed by atoms with Crippen molar-refractivity contribution in [3.63, 3.8) is 0 Å². The number of aliphatic imine (C=N–C) groups is 1. The van der Waals surface area contributed by atoms with E-state index in [-0.39, 0.29) is 12.1 Å². The second-order valence-corrected chi connectivity index (χ2v) is 8.11. The molecule has 3 aromatic carbocycles. The molecule has 0 aromatic heterocycles. The maximum absolute atomic E-state index is 13.5. The molecule has 0 spiro atoms. The Balaban J connectivity index is 1.72. The van der Waals surface area contributed by atoms with Crippen molar-refractivity contribution in [2.75, 3.05) is 11.4 Å². The van der Waals surface area contributed by atoms with Crippen molar-refractivity contribution in [3.8, 4) is 0 Å². The van der Waals surface area contributed by atoms with Gasteiger partial charge in [0.25, 0.3) is 5.91 Å². The van der Waals surface area contributed by atoms with Crippen LogP contribution in [0.2, 0.25) is 0 Å². The number of rotatable bonds is 6. The molecule has 2 atom stereocenters. The van der Waals surface area contributed by atoms with Gasteiger partial charge in [-0.05, 0) is 18.1 Å². The number of nitrogens with zero attached hydrogens (tertiary/aromatic N) is 2. The Bertz CT molecular complexity index is 1230. The van der Waals surface area contributed by atoms with Crippen molar-refractivity contribution < 1.29 is 22.8 Å². The number of carbonyl (C=O) groups excluding carboxylic acids is 2. The van der Waals surface area contributed by atoms with Gasteiger partial charge in [-0.1, -0.05) is 78.9 Å². The van der Waals surface area contributed by atoms with Gasteiger partial charge in [0, 0.05) is 11.1 Å². The highest BCUT2D eigenvalue weighted by molar-refractivity contribution is 6.20. The molecule has 1 aliphatic rings. The van der Waals surface area contributed by atoms with E-state index in [1.807, 2.05) is 6.07 Å². The van der Waals surface area contributed by atoms with Gasteiger partial charge >= 0.3 is 6.18 Å². The number of benzene rings is 3. The fraction of sp³-hybridized carbons (Fsp3) is 0.192. The Morgan fingerprint density at radius 3 is 2.23 bits per heavy atom. The molecule has 6 nitrogen and oxygen atoms in total. The van der Waals surface area contributed by atoms with Gasteiger partial charge in [0.15, 0.2) is 0 Å². The van der Waals surface area contributed by atoms with Gasteiger partial charge in [0.2, 0.25) is 12.1 Å². The second-order valence-electron chi connectivity index (χ2n) is 8.11. The van der Waals surface area contributed by atoms with Crippen LogP contribution in [0.1, 0.15) is 16.7 Å². The van der Waals surface area contributed by atoms with Crippen LogP contribution in [-0.4, -0.2) is 42.5 Å². The first kappa shape index (κ1) is 24.2. The van der Waals surface area contributed by atoms with Crippen LogP contribution in [0.25, 0.3) is 0 Å². The molecule has 0 saturated heterocycles. The van der Waals surface area contributed by atoms with Gasteiger partial charge in [-0.15, -0.1) is 0 Å². The quantitative estimate of drug-likeness (QED) is 0.567. The van der Waals surface area contributed by atoms with Crippen molar-refractivity contribution in [2.45, 2.75) is 24.8 Å². The minimum absolute atomic E-state index is 0.0581. The lowest BCUT2D eigenvalue weighted by Gasteiger charge is -2.26. The summed E-state index contributed by atoms with van der Waals surface area (Å²) in [4.78, 5) is 31.3. The topological polar surface area (TPSA) is 87.8 Å². The van der Waals surface area contributed by atoms with E-state index in [0.717, 1.165) is 5.56 Å². The van der Waals surface area contributed by atoms with Gasteiger partial charge in [-0.3, -0.25) is 14.5 Å². The fourth-order valence-electron chi connectivity index (χ4n) is 3.89. The van der Waals surface area contributed by atoms with Crippen LogP contribution in [-0.2, 0) is 16.0 Å². The standard InChI is InChI=1S/C26H23F3N4O2/c27-26(28,29)16-33-21-14-8-7-13-19(21)22(18-11-5-2-6-12-18)31-23(25(33)35)32-24(34)20(30)15-17-9-3-1-4-10-17/h1-14,20,23H,15-16,30H2,(H,32,34). The van der Waals surface area contributed by atoms with E-state index < -0.39 is 36.7 Å². The van der Waals surface area contributed by atoms with Gasteiger partial charge in [-0.2, -0.15) is 13.2 Å². The molecule has 0 radical (unpaired) electrons. The molecule has 1 aliphatic heterocycles. The summed E-state index contributed by atoms with van der Waals surface area (Å²) in [7, 11) is 0. The van der Waals surface area contributed by atoms with Crippen LogP contribution < -0.4 is 16.0 Å². The molecule has 2 amide bonds. The highest BCUT2D eigenvalue weighted by Crippen LogP contribution is 2.31. The largest absolute Gasteiger partial charge is 0.406 e. The Morgan fingerprint density at radius 1 is 0.971 bits per heavy atom. The van der Waals surface area contributed by atoms with Crippen LogP contribution >= 0.6 is 0 Å². The van der Waals surface area contributed by atoms with Gasteiger partial charge < -0.3 is 11.1 Å². The number of fused-ring (bicyclic) bond motifs is 1. The molecule has 1 heterocycles. The van der Waals surface area contributed by atoms with E-state index in [9.17, 15) is 22.8 Å². The lowest BCUT2D eigenvalue weighted by atomic mass is 10.0. The smallest absolute Gasteiger partial charge is 0.325 e. The zero-order valence-corrected chi connectivity index (χ0v) is 18.6. The van der Waals surface area contributed by atoms with E-state index in [1.165, 1.54) is 6.07 Å². The first-order chi connectivity index (χ1) is 16.7. The number of nitrogens with two attached hydrogens (primary N) is 1. The number of nitrogens with one attached hydrogen (secondary N) is 1. The van der Waals surface area contributed by atoms with Crippen molar-refractivity contribution >= 4 is 23.2 Å². The van der Waals surface area contributed by atoms with Crippen LogP contribution in [0.4, 0.5) is 18.9 Å². The van der Waals surface area contributed by atoms with Crippen LogP contribution in [0, 0.1) is 0 Å². The summed E-state index contributed by atoms with van der Waals surface area (Å²) >= 11 is 0. The summed E-state index contributed by atoms with van der Waals surface area (Å²) in [5, 5.41) is 2.47. The maximum Gasteiger partial charge on any atom is 0.406 e. The van der Waals surface area contributed by atoms with E-state index in [0.29, 0.717) is 21.7 Å². The Kier molecular flexibility index (Phi) is 6.97. The molecular weight excluding hydrogens is 457 g/mol. The van der Waals surface area contributed by atoms with Crippen LogP contribution in [0.15, 0.2) is 89.9 Å². The third-order valence-corrected chi connectivity index (χ3v) is 5.51. The summed E-state index contributed by atoms with van der Waals surface area (Å²) < 4.78 is 40.4. The molecular formula is C26H23F3N4O2. The molecule has 0 fully saturated rings.